The SMILES string of the molecule is Cc1cccc2c1N(C(=O)C(C)SCc1nc3sc(C)c(C)c3c(=O)[nH]1)CC2. The fourth-order valence-corrected chi connectivity index (χ4v) is 5.60. The number of thiophene rings is 1. The Kier molecular flexibility index (Phi) is 5.05. The minimum atomic E-state index is -0.210. The van der Waals surface area contributed by atoms with E-state index in [1.165, 1.54) is 17.3 Å². The van der Waals surface area contributed by atoms with E-state index < -0.39 is 0 Å². The van der Waals surface area contributed by atoms with Gasteiger partial charge in [-0.1, -0.05) is 18.2 Å². The van der Waals surface area contributed by atoms with Crippen molar-refractivity contribution in [3.8, 4) is 0 Å². The average molecular weight is 414 g/mol. The zero-order valence-corrected chi connectivity index (χ0v) is 18.1. The van der Waals surface area contributed by atoms with Crippen LogP contribution < -0.4 is 10.5 Å². The molecular formula is C21H23N3O2S2. The van der Waals surface area contributed by atoms with Gasteiger partial charge in [0, 0.05) is 17.1 Å². The molecule has 1 aliphatic heterocycles. The van der Waals surface area contributed by atoms with Crippen molar-refractivity contribution in [2.24, 2.45) is 0 Å². The van der Waals surface area contributed by atoms with Crippen LogP contribution in [0.5, 0.6) is 0 Å². The van der Waals surface area contributed by atoms with E-state index in [0.717, 1.165) is 39.5 Å². The van der Waals surface area contributed by atoms with Crippen LogP contribution in [0.25, 0.3) is 10.2 Å². The summed E-state index contributed by atoms with van der Waals surface area (Å²) in [6, 6.07) is 6.20. The van der Waals surface area contributed by atoms with E-state index in [2.05, 4.69) is 29.0 Å². The Bertz CT molecular complexity index is 1130. The highest BCUT2D eigenvalue weighted by Crippen LogP contribution is 2.33. The predicted molar refractivity (Wildman–Crippen MR) is 118 cm³/mol. The van der Waals surface area contributed by atoms with Gasteiger partial charge in [0.1, 0.15) is 10.7 Å². The summed E-state index contributed by atoms with van der Waals surface area (Å²) in [7, 11) is 0. The fourth-order valence-electron chi connectivity index (χ4n) is 3.73. The number of benzene rings is 1. The molecular weight excluding hydrogens is 390 g/mol. The quantitative estimate of drug-likeness (QED) is 0.699. The predicted octanol–water partition coefficient (Wildman–Crippen LogP) is 4.12. The first kappa shape index (κ1) is 19.2. The Labute approximate surface area is 172 Å². The van der Waals surface area contributed by atoms with Gasteiger partial charge >= 0.3 is 0 Å². The number of aromatic amines is 1. The maximum Gasteiger partial charge on any atom is 0.259 e. The first-order valence-corrected chi connectivity index (χ1v) is 11.2. The molecule has 0 aliphatic carbocycles. The van der Waals surface area contributed by atoms with Crippen molar-refractivity contribution < 1.29 is 4.79 Å². The van der Waals surface area contributed by atoms with Crippen molar-refractivity contribution in [3.05, 3.63) is 55.9 Å². The fraction of sp³-hybridized carbons (Fsp3) is 0.381. The molecule has 1 aromatic carbocycles. The van der Waals surface area contributed by atoms with E-state index in [-0.39, 0.29) is 16.7 Å². The van der Waals surface area contributed by atoms with E-state index >= 15 is 0 Å². The number of rotatable bonds is 4. The van der Waals surface area contributed by atoms with Gasteiger partial charge in [0.05, 0.1) is 16.4 Å². The highest BCUT2D eigenvalue weighted by molar-refractivity contribution is 7.99. The Morgan fingerprint density at radius 3 is 2.93 bits per heavy atom. The number of H-pyrrole nitrogens is 1. The molecule has 0 spiro atoms. The molecule has 0 saturated heterocycles. The summed E-state index contributed by atoms with van der Waals surface area (Å²) in [5.41, 5.74) is 4.35. The van der Waals surface area contributed by atoms with Gasteiger partial charge in [-0.2, -0.15) is 0 Å². The first-order chi connectivity index (χ1) is 13.4. The second-order valence-electron chi connectivity index (χ2n) is 7.25. The largest absolute Gasteiger partial charge is 0.311 e. The molecule has 4 rings (SSSR count). The van der Waals surface area contributed by atoms with Crippen LogP contribution in [0, 0.1) is 20.8 Å². The van der Waals surface area contributed by atoms with Crippen LogP contribution in [0.3, 0.4) is 0 Å². The summed E-state index contributed by atoms with van der Waals surface area (Å²) in [5.74, 6) is 1.24. The van der Waals surface area contributed by atoms with Crippen LogP contribution in [0.2, 0.25) is 0 Å². The van der Waals surface area contributed by atoms with E-state index in [0.29, 0.717) is 17.0 Å². The maximum atomic E-state index is 13.0. The number of fused-ring (bicyclic) bond motifs is 2. The molecule has 146 valence electrons. The average Bonchev–Trinajstić information content (AvgIpc) is 3.21. The number of para-hydroxylation sites is 1. The number of anilines is 1. The molecule has 1 aliphatic rings. The molecule has 0 bridgehead atoms. The number of aryl methyl sites for hydroxylation is 3. The van der Waals surface area contributed by atoms with Crippen LogP contribution in [-0.2, 0) is 17.0 Å². The molecule has 1 atom stereocenters. The number of amides is 1. The number of nitrogens with one attached hydrogen (secondary N) is 1. The summed E-state index contributed by atoms with van der Waals surface area (Å²) in [6.07, 6.45) is 0.906. The lowest BCUT2D eigenvalue weighted by atomic mass is 10.1. The molecule has 2 aromatic heterocycles. The van der Waals surface area contributed by atoms with Gasteiger partial charge in [0.15, 0.2) is 0 Å². The molecule has 3 aromatic rings. The zero-order valence-electron chi connectivity index (χ0n) is 16.5. The first-order valence-electron chi connectivity index (χ1n) is 9.37. The van der Waals surface area contributed by atoms with Crippen LogP contribution in [0.1, 0.15) is 34.3 Å². The molecule has 0 radical (unpaired) electrons. The third kappa shape index (κ3) is 3.26. The van der Waals surface area contributed by atoms with Gasteiger partial charge in [0.2, 0.25) is 5.91 Å². The lowest BCUT2D eigenvalue weighted by Gasteiger charge is -2.22. The Balaban J connectivity index is 1.50. The van der Waals surface area contributed by atoms with E-state index in [1.54, 1.807) is 11.3 Å². The highest BCUT2D eigenvalue weighted by Gasteiger charge is 2.29. The van der Waals surface area contributed by atoms with Gasteiger partial charge in [-0.3, -0.25) is 9.59 Å². The van der Waals surface area contributed by atoms with Crippen molar-refractivity contribution >= 4 is 44.9 Å². The molecule has 28 heavy (non-hydrogen) atoms. The molecule has 3 heterocycles. The minimum Gasteiger partial charge on any atom is -0.311 e. The van der Waals surface area contributed by atoms with Gasteiger partial charge in [0.25, 0.3) is 5.56 Å². The van der Waals surface area contributed by atoms with E-state index in [4.69, 9.17) is 0 Å². The lowest BCUT2D eigenvalue weighted by molar-refractivity contribution is -0.117. The van der Waals surface area contributed by atoms with E-state index in [1.807, 2.05) is 31.7 Å². The van der Waals surface area contributed by atoms with Gasteiger partial charge in [-0.05, 0) is 50.8 Å². The molecule has 0 saturated carbocycles. The number of aromatic nitrogens is 2. The number of carbonyl (C=O) groups excluding carboxylic acids is 1. The van der Waals surface area contributed by atoms with Crippen LogP contribution in [0.15, 0.2) is 23.0 Å². The van der Waals surface area contributed by atoms with Crippen LogP contribution in [0.4, 0.5) is 5.69 Å². The van der Waals surface area contributed by atoms with Gasteiger partial charge in [-0.15, -0.1) is 23.1 Å². The normalized spacial score (nSPS) is 14.5. The standard InChI is InChI=1S/C21H23N3O2S2/c1-11-6-5-7-15-8-9-24(18(11)15)21(26)14(4)27-10-16-22-19(25)17-12(2)13(3)28-20(17)23-16/h5-7,14H,8-10H2,1-4H3,(H,22,23,25). The molecule has 7 heteroatoms. The summed E-state index contributed by atoms with van der Waals surface area (Å²) in [4.78, 5) is 36.7. The number of hydrogen-bond donors (Lipinski definition) is 1. The minimum absolute atomic E-state index is 0.0921. The second kappa shape index (κ2) is 7.37. The summed E-state index contributed by atoms with van der Waals surface area (Å²) < 4.78 is 0. The van der Waals surface area contributed by atoms with Crippen molar-refractivity contribution in [1.29, 1.82) is 0 Å². The third-order valence-corrected chi connectivity index (χ3v) is 7.61. The Morgan fingerprint density at radius 1 is 1.36 bits per heavy atom. The lowest BCUT2D eigenvalue weighted by Crippen LogP contribution is -2.35. The summed E-state index contributed by atoms with van der Waals surface area (Å²) >= 11 is 3.06. The van der Waals surface area contributed by atoms with Crippen molar-refractivity contribution in [1.82, 2.24) is 9.97 Å². The van der Waals surface area contributed by atoms with Crippen LogP contribution in [-0.4, -0.2) is 27.7 Å². The summed E-state index contributed by atoms with van der Waals surface area (Å²) in [6.45, 7) is 8.68. The smallest absolute Gasteiger partial charge is 0.259 e. The highest BCUT2D eigenvalue weighted by atomic mass is 32.2. The molecule has 5 nitrogen and oxygen atoms in total. The topological polar surface area (TPSA) is 66.1 Å². The second-order valence-corrected chi connectivity index (χ2v) is 9.78. The maximum absolute atomic E-state index is 13.0. The van der Waals surface area contributed by atoms with Crippen molar-refractivity contribution in [2.45, 2.75) is 45.1 Å². The molecule has 1 amide bonds. The third-order valence-electron chi connectivity index (χ3n) is 5.37. The number of nitrogens with zero attached hydrogens (tertiary/aromatic N) is 2. The van der Waals surface area contributed by atoms with Crippen molar-refractivity contribution in [2.75, 3.05) is 11.4 Å². The Hall–Kier alpha value is -2.12. The van der Waals surface area contributed by atoms with E-state index in [9.17, 15) is 9.59 Å². The molecule has 0 fully saturated rings. The van der Waals surface area contributed by atoms with Gasteiger partial charge < -0.3 is 9.88 Å². The monoisotopic (exact) mass is 413 g/mol. The van der Waals surface area contributed by atoms with Crippen LogP contribution >= 0.6 is 23.1 Å². The molecule has 1 unspecified atom stereocenters. The summed E-state index contributed by atoms with van der Waals surface area (Å²) in [5, 5.41) is 0.475. The Morgan fingerprint density at radius 2 is 2.14 bits per heavy atom. The molecule has 1 N–H and O–H groups in total. The number of thioether (sulfide) groups is 1. The number of hydrogen-bond acceptors (Lipinski definition) is 5. The number of carbonyl (C=O) groups is 1. The van der Waals surface area contributed by atoms with Crippen molar-refractivity contribution in [3.63, 3.8) is 0 Å². The van der Waals surface area contributed by atoms with Gasteiger partial charge in [-0.25, -0.2) is 4.98 Å². The zero-order chi connectivity index (χ0) is 20.0.